The first-order valence-electron chi connectivity index (χ1n) is 11.2. The minimum Gasteiger partial charge on any atom is -0.376 e. The summed E-state index contributed by atoms with van der Waals surface area (Å²) in [6.07, 6.45) is 3.69. The fourth-order valence-corrected chi connectivity index (χ4v) is 4.55. The maximum Gasteiger partial charge on any atom is 0.194 e. The molecule has 2 aliphatic rings. The largest absolute Gasteiger partial charge is 0.376 e. The van der Waals surface area contributed by atoms with E-state index in [4.69, 9.17) is 9.73 Å². The Morgan fingerprint density at radius 1 is 1.23 bits per heavy atom. The van der Waals surface area contributed by atoms with Gasteiger partial charge < -0.3 is 19.5 Å². The molecule has 4 rings (SSSR count). The normalized spacial score (nSPS) is 25.0. The highest BCUT2D eigenvalue weighted by Crippen LogP contribution is 2.32. The molecule has 3 heterocycles. The van der Waals surface area contributed by atoms with Gasteiger partial charge in [-0.15, -0.1) is 10.2 Å². The van der Waals surface area contributed by atoms with Gasteiger partial charge in [-0.1, -0.05) is 37.3 Å². The van der Waals surface area contributed by atoms with E-state index in [1.807, 2.05) is 18.5 Å². The van der Waals surface area contributed by atoms with Crippen LogP contribution in [0.5, 0.6) is 0 Å². The maximum atomic E-state index is 5.81. The Balaban J connectivity index is 1.45. The van der Waals surface area contributed by atoms with Gasteiger partial charge in [0, 0.05) is 33.3 Å². The van der Waals surface area contributed by atoms with Gasteiger partial charge in [-0.3, -0.25) is 0 Å². The first kappa shape index (κ1) is 20.8. The Bertz CT molecular complexity index is 843. The van der Waals surface area contributed by atoms with Crippen LogP contribution in [0, 0.1) is 12.8 Å². The number of aryl methyl sites for hydroxylation is 1. The number of aromatic nitrogens is 3. The molecule has 30 heavy (non-hydrogen) atoms. The summed E-state index contributed by atoms with van der Waals surface area (Å²) in [6, 6.07) is 10.9. The van der Waals surface area contributed by atoms with E-state index >= 15 is 0 Å². The minimum absolute atomic E-state index is 0.284. The van der Waals surface area contributed by atoms with E-state index in [0.29, 0.717) is 18.4 Å². The molecular formula is C23H34N6O. The number of nitrogens with zero attached hydrogens (tertiary/aromatic N) is 5. The summed E-state index contributed by atoms with van der Waals surface area (Å²) in [5.74, 6) is 3.92. The molecule has 7 nitrogen and oxygen atoms in total. The third-order valence-corrected chi connectivity index (χ3v) is 6.50. The van der Waals surface area contributed by atoms with Crippen LogP contribution in [0.2, 0.25) is 0 Å². The highest BCUT2D eigenvalue weighted by Gasteiger charge is 2.29. The van der Waals surface area contributed by atoms with Crippen molar-refractivity contribution in [3.63, 3.8) is 0 Å². The van der Waals surface area contributed by atoms with Crippen molar-refractivity contribution in [1.82, 2.24) is 25.0 Å². The second kappa shape index (κ2) is 9.60. The second-order valence-corrected chi connectivity index (χ2v) is 8.61. The molecule has 3 unspecified atom stereocenters. The van der Waals surface area contributed by atoms with E-state index in [1.165, 1.54) is 5.56 Å². The summed E-state index contributed by atoms with van der Waals surface area (Å²) in [6.45, 7) is 8.52. The molecule has 0 radical (unpaired) electrons. The smallest absolute Gasteiger partial charge is 0.194 e. The third-order valence-electron chi connectivity index (χ3n) is 6.50. The summed E-state index contributed by atoms with van der Waals surface area (Å²) in [7, 11) is 1.99. The lowest BCUT2D eigenvalue weighted by Gasteiger charge is -2.39. The van der Waals surface area contributed by atoms with Crippen LogP contribution in [0.15, 0.2) is 35.3 Å². The van der Waals surface area contributed by atoms with Crippen molar-refractivity contribution in [2.75, 3.05) is 26.2 Å². The molecule has 1 aromatic carbocycles. The number of nitrogens with one attached hydrogen (secondary N) is 1. The van der Waals surface area contributed by atoms with E-state index in [2.05, 4.69) is 57.7 Å². The van der Waals surface area contributed by atoms with Crippen LogP contribution in [-0.4, -0.2) is 58.0 Å². The first-order valence-corrected chi connectivity index (χ1v) is 11.2. The van der Waals surface area contributed by atoms with Crippen molar-refractivity contribution in [1.29, 1.82) is 0 Å². The van der Waals surface area contributed by atoms with Gasteiger partial charge in [0.1, 0.15) is 12.4 Å². The zero-order chi connectivity index (χ0) is 20.9. The molecule has 0 aliphatic carbocycles. The van der Waals surface area contributed by atoms with Crippen molar-refractivity contribution in [3.8, 4) is 0 Å². The first-order chi connectivity index (χ1) is 14.6. The molecule has 2 fully saturated rings. The van der Waals surface area contributed by atoms with E-state index in [1.54, 1.807) is 0 Å². The molecule has 2 aromatic rings. The summed E-state index contributed by atoms with van der Waals surface area (Å²) in [5, 5.41) is 12.0. The van der Waals surface area contributed by atoms with Crippen molar-refractivity contribution < 1.29 is 4.74 Å². The van der Waals surface area contributed by atoms with Crippen LogP contribution in [0.3, 0.4) is 0 Å². The second-order valence-electron chi connectivity index (χ2n) is 8.61. The molecule has 1 N–H and O–H groups in total. The predicted molar refractivity (Wildman–Crippen MR) is 118 cm³/mol. The van der Waals surface area contributed by atoms with Crippen LogP contribution in [-0.2, 0) is 18.3 Å². The van der Waals surface area contributed by atoms with Gasteiger partial charge in [0.25, 0.3) is 0 Å². The Labute approximate surface area is 179 Å². The number of piperidine rings is 1. The van der Waals surface area contributed by atoms with Gasteiger partial charge >= 0.3 is 0 Å². The number of rotatable bonds is 5. The molecule has 2 saturated heterocycles. The lowest BCUT2D eigenvalue weighted by atomic mass is 9.82. The fraction of sp³-hybridized carbons (Fsp3) is 0.609. The van der Waals surface area contributed by atoms with Crippen molar-refractivity contribution in [3.05, 3.63) is 47.5 Å². The van der Waals surface area contributed by atoms with Gasteiger partial charge in [-0.05, 0) is 43.6 Å². The number of hydrogen-bond acceptors (Lipinski definition) is 4. The number of benzene rings is 1. The number of ether oxygens (including phenoxy) is 1. The van der Waals surface area contributed by atoms with Crippen LogP contribution >= 0.6 is 0 Å². The van der Waals surface area contributed by atoms with Crippen LogP contribution in [0.4, 0.5) is 0 Å². The number of guanidine groups is 1. The van der Waals surface area contributed by atoms with E-state index < -0.39 is 0 Å². The van der Waals surface area contributed by atoms with E-state index in [9.17, 15) is 0 Å². The third kappa shape index (κ3) is 4.83. The highest BCUT2D eigenvalue weighted by atomic mass is 16.5. The number of aliphatic imine (C=N–C) groups is 1. The van der Waals surface area contributed by atoms with E-state index in [-0.39, 0.29) is 6.10 Å². The Morgan fingerprint density at radius 2 is 2.07 bits per heavy atom. The maximum absolute atomic E-state index is 5.81. The molecule has 2 aliphatic heterocycles. The Kier molecular flexibility index (Phi) is 6.67. The van der Waals surface area contributed by atoms with Crippen molar-refractivity contribution in [2.45, 2.75) is 51.7 Å². The molecule has 0 saturated carbocycles. The summed E-state index contributed by atoms with van der Waals surface area (Å²) in [4.78, 5) is 7.34. The van der Waals surface area contributed by atoms with Gasteiger partial charge in [0.05, 0.1) is 6.10 Å². The zero-order valence-electron chi connectivity index (χ0n) is 18.4. The zero-order valence-corrected chi connectivity index (χ0v) is 18.4. The van der Waals surface area contributed by atoms with Gasteiger partial charge in [0.2, 0.25) is 0 Å². The average molecular weight is 411 g/mol. The molecule has 7 heteroatoms. The summed E-state index contributed by atoms with van der Waals surface area (Å²) in [5.41, 5.74) is 1.45. The van der Waals surface area contributed by atoms with Crippen LogP contribution in [0.25, 0.3) is 0 Å². The quantitative estimate of drug-likeness (QED) is 0.606. The Hall–Kier alpha value is -2.41. The van der Waals surface area contributed by atoms with Crippen LogP contribution in [0.1, 0.15) is 49.3 Å². The Morgan fingerprint density at radius 3 is 2.73 bits per heavy atom. The lowest BCUT2D eigenvalue weighted by Crippen LogP contribution is -2.49. The molecule has 1 aromatic heterocycles. The predicted octanol–water partition coefficient (Wildman–Crippen LogP) is 2.87. The van der Waals surface area contributed by atoms with Crippen molar-refractivity contribution >= 4 is 5.96 Å². The molecular weight excluding hydrogens is 376 g/mol. The minimum atomic E-state index is 0.284. The SMILES string of the molecule is Cc1nnc(CN=C(NCC2CCCO2)N2CCC(c3ccccc3)C(C)C2)n1C. The highest BCUT2D eigenvalue weighted by molar-refractivity contribution is 5.80. The van der Waals surface area contributed by atoms with Gasteiger partial charge in [-0.2, -0.15) is 0 Å². The molecule has 0 amide bonds. The monoisotopic (exact) mass is 410 g/mol. The fourth-order valence-electron chi connectivity index (χ4n) is 4.55. The molecule has 3 atom stereocenters. The van der Waals surface area contributed by atoms with Crippen molar-refractivity contribution in [2.24, 2.45) is 18.0 Å². The summed E-state index contributed by atoms with van der Waals surface area (Å²) >= 11 is 0. The summed E-state index contributed by atoms with van der Waals surface area (Å²) < 4.78 is 7.81. The standard InChI is InChI=1S/C23H34N6O/c1-17-16-29(12-11-21(17)19-8-5-4-6-9-19)23(24-14-20-10-7-13-30-20)25-15-22-27-26-18(2)28(22)3/h4-6,8-9,17,20-21H,7,10-16H2,1-3H3,(H,24,25). The van der Waals surface area contributed by atoms with Gasteiger partial charge in [-0.25, -0.2) is 4.99 Å². The number of likely N-dealkylation sites (tertiary alicyclic amines) is 1. The molecule has 0 spiro atoms. The van der Waals surface area contributed by atoms with E-state index in [0.717, 1.165) is 63.1 Å². The van der Waals surface area contributed by atoms with Gasteiger partial charge in [0.15, 0.2) is 11.8 Å². The number of hydrogen-bond donors (Lipinski definition) is 1. The van der Waals surface area contributed by atoms with Crippen LogP contribution < -0.4 is 5.32 Å². The topological polar surface area (TPSA) is 67.6 Å². The lowest BCUT2D eigenvalue weighted by molar-refractivity contribution is 0.112. The average Bonchev–Trinajstić information content (AvgIpc) is 3.39. The molecule has 162 valence electrons. The molecule has 0 bridgehead atoms.